The fraction of sp³-hybridized carbons (Fsp3) is 0.500. The van der Waals surface area contributed by atoms with Gasteiger partial charge in [-0.2, -0.15) is 23.4 Å². The number of carbonyl (C=O) groups excluding carboxylic acids is 1. The second kappa shape index (κ2) is 15.0. The molecule has 39 heavy (non-hydrogen) atoms. The molecule has 0 aliphatic carbocycles. The number of hydrogen-bond donors (Lipinski definition) is 2. The van der Waals surface area contributed by atoms with Gasteiger partial charge in [-0.05, 0) is 36.6 Å². The van der Waals surface area contributed by atoms with Crippen molar-refractivity contribution in [2.45, 2.75) is 39.9 Å². The molecule has 212 valence electrons. The number of carboxylic acid groups (broad SMARTS) is 1. The van der Waals surface area contributed by atoms with Crippen LogP contribution in [0.2, 0.25) is 0 Å². The van der Waals surface area contributed by atoms with Crippen LogP contribution in [0, 0.1) is 17.2 Å². The summed E-state index contributed by atoms with van der Waals surface area (Å²) in [5.41, 5.74) is 4.72. The first-order valence-corrected chi connectivity index (χ1v) is 12.6. The number of nitrogens with one attached hydrogen (secondary N) is 1. The topological polar surface area (TPSA) is 126 Å². The highest BCUT2D eigenvalue weighted by Crippen LogP contribution is 2.14. The van der Waals surface area contributed by atoms with Crippen LogP contribution >= 0.6 is 0 Å². The summed E-state index contributed by atoms with van der Waals surface area (Å²) in [4.78, 5) is 34.9. The lowest BCUT2D eigenvalue weighted by Gasteiger charge is -2.34. The summed E-state index contributed by atoms with van der Waals surface area (Å²) in [5, 5.41) is 17.9. The summed E-state index contributed by atoms with van der Waals surface area (Å²) >= 11 is 0. The van der Waals surface area contributed by atoms with Gasteiger partial charge in [0.1, 0.15) is 6.07 Å². The minimum Gasteiger partial charge on any atom is -0.475 e. The van der Waals surface area contributed by atoms with Crippen molar-refractivity contribution >= 4 is 17.7 Å². The van der Waals surface area contributed by atoms with E-state index in [2.05, 4.69) is 46.0 Å². The summed E-state index contributed by atoms with van der Waals surface area (Å²) in [6, 6.07) is 11.4. The molecule has 3 rings (SSSR count). The Hall–Kier alpha value is -3.76. The minimum absolute atomic E-state index is 0.0744. The number of carboxylic acids is 1. The highest BCUT2D eigenvalue weighted by Gasteiger charge is 2.38. The second-order valence-corrected chi connectivity index (χ2v) is 9.41. The number of hydrogen-bond acceptors (Lipinski definition) is 8. The third-order valence-electron chi connectivity index (χ3n) is 5.67. The highest BCUT2D eigenvalue weighted by molar-refractivity contribution is 5.95. The van der Waals surface area contributed by atoms with E-state index in [1.807, 2.05) is 30.3 Å². The second-order valence-electron chi connectivity index (χ2n) is 9.41. The van der Waals surface area contributed by atoms with Crippen LogP contribution in [0.3, 0.4) is 0 Å². The zero-order chi connectivity index (χ0) is 29.0. The van der Waals surface area contributed by atoms with E-state index >= 15 is 0 Å². The molecular formula is C26H34F3N7O3. The average molecular weight is 550 g/mol. The number of piperazine rings is 1. The Bertz CT molecular complexity index is 1110. The van der Waals surface area contributed by atoms with Gasteiger partial charge < -0.3 is 10.0 Å². The number of hydrazine groups is 1. The molecule has 1 amide bonds. The molecule has 1 aliphatic heterocycles. The molecule has 1 aliphatic rings. The number of benzene rings is 1. The lowest BCUT2D eigenvalue weighted by Crippen LogP contribution is -2.46. The SMILES string of the molecule is CCCN1CCN(Cc2ccc(C(=O)NN(CC(C)C)c3ccnc(C#N)n3)cc2)CC1.O=C(O)C(F)(F)F. The molecule has 0 unspecified atom stereocenters. The fourth-order valence-corrected chi connectivity index (χ4v) is 3.81. The number of alkyl halides is 3. The van der Waals surface area contributed by atoms with E-state index in [0.29, 0.717) is 17.9 Å². The summed E-state index contributed by atoms with van der Waals surface area (Å²) in [7, 11) is 0. The number of nitrogens with zero attached hydrogens (tertiary/aromatic N) is 6. The number of nitriles is 1. The Morgan fingerprint density at radius 1 is 1.13 bits per heavy atom. The molecule has 0 spiro atoms. The van der Waals surface area contributed by atoms with Crippen molar-refractivity contribution in [3.05, 3.63) is 53.5 Å². The molecule has 0 radical (unpaired) electrons. The molecule has 2 aromatic rings. The van der Waals surface area contributed by atoms with Crippen LogP contribution in [0.5, 0.6) is 0 Å². The van der Waals surface area contributed by atoms with Crippen LogP contribution in [0.15, 0.2) is 36.5 Å². The smallest absolute Gasteiger partial charge is 0.475 e. The zero-order valence-corrected chi connectivity index (χ0v) is 22.3. The number of carbonyl (C=O) groups is 2. The minimum atomic E-state index is -5.08. The predicted octanol–water partition coefficient (Wildman–Crippen LogP) is 3.32. The third-order valence-corrected chi connectivity index (χ3v) is 5.67. The van der Waals surface area contributed by atoms with Gasteiger partial charge in [0.2, 0.25) is 5.82 Å². The van der Waals surface area contributed by atoms with Crippen molar-refractivity contribution in [3.63, 3.8) is 0 Å². The van der Waals surface area contributed by atoms with Crippen LogP contribution in [0.1, 0.15) is 48.9 Å². The van der Waals surface area contributed by atoms with E-state index in [4.69, 9.17) is 15.2 Å². The maximum absolute atomic E-state index is 12.9. The molecule has 2 heterocycles. The molecule has 10 nitrogen and oxygen atoms in total. The van der Waals surface area contributed by atoms with Gasteiger partial charge in [-0.1, -0.05) is 32.9 Å². The fourth-order valence-electron chi connectivity index (χ4n) is 3.81. The van der Waals surface area contributed by atoms with Crippen molar-refractivity contribution in [1.29, 1.82) is 5.26 Å². The lowest BCUT2D eigenvalue weighted by atomic mass is 10.1. The Morgan fingerprint density at radius 3 is 2.23 bits per heavy atom. The third kappa shape index (κ3) is 10.9. The van der Waals surface area contributed by atoms with Crippen LogP contribution in [-0.4, -0.2) is 82.2 Å². The van der Waals surface area contributed by atoms with E-state index in [1.165, 1.54) is 24.7 Å². The monoisotopic (exact) mass is 549 g/mol. The molecule has 1 fully saturated rings. The quantitative estimate of drug-likeness (QED) is 0.453. The standard InChI is InChI=1S/C24H33N7O.C2HF3O2/c1-4-11-29-12-14-30(15-13-29)18-20-5-7-21(8-6-20)24(32)28-31(17-19(2)3)23-9-10-26-22(16-25)27-23;3-2(4,5)1(6)7/h5-10,19H,4,11-15,17-18H2,1-3H3,(H,28,32);(H,6,7). The zero-order valence-electron chi connectivity index (χ0n) is 22.3. The Kier molecular flexibility index (Phi) is 12.1. The van der Waals surface area contributed by atoms with Gasteiger partial charge in [-0.3, -0.25) is 20.1 Å². The van der Waals surface area contributed by atoms with Crippen molar-refractivity contribution in [2.75, 3.05) is 44.3 Å². The van der Waals surface area contributed by atoms with Crippen molar-refractivity contribution in [1.82, 2.24) is 25.2 Å². The van der Waals surface area contributed by atoms with Crippen molar-refractivity contribution < 1.29 is 27.9 Å². The number of halogens is 3. The van der Waals surface area contributed by atoms with Gasteiger partial charge in [0.05, 0.1) is 0 Å². The molecule has 0 atom stereocenters. The van der Waals surface area contributed by atoms with Gasteiger partial charge in [-0.25, -0.2) is 9.78 Å². The molecule has 0 saturated carbocycles. The van der Waals surface area contributed by atoms with Crippen molar-refractivity contribution in [2.24, 2.45) is 5.92 Å². The summed E-state index contributed by atoms with van der Waals surface area (Å²) in [5.74, 6) is -2.10. The molecule has 2 N–H and O–H groups in total. The number of rotatable bonds is 9. The lowest BCUT2D eigenvalue weighted by molar-refractivity contribution is -0.192. The van der Waals surface area contributed by atoms with Crippen LogP contribution in [0.4, 0.5) is 19.0 Å². The number of aliphatic carboxylic acids is 1. The predicted molar refractivity (Wildman–Crippen MR) is 139 cm³/mol. The first-order valence-electron chi connectivity index (χ1n) is 12.6. The van der Waals surface area contributed by atoms with Gasteiger partial charge in [0.15, 0.2) is 5.82 Å². The molecule has 1 aromatic carbocycles. The largest absolute Gasteiger partial charge is 0.490 e. The van der Waals surface area contributed by atoms with E-state index in [1.54, 1.807) is 11.1 Å². The van der Waals surface area contributed by atoms with E-state index in [0.717, 1.165) is 32.7 Å². The van der Waals surface area contributed by atoms with Gasteiger partial charge in [0, 0.05) is 57.1 Å². The summed E-state index contributed by atoms with van der Waals surface area (Å²) < 4.78 is 31.7. The summed E-state index contributed by atoms with van der Waals surface area (Å²) in [6.45, 7) is 13.4. The highest BCUT2D eigenvalue weighted by atomic mass is 19.4. The van der Waals surface area contributed by atoms with Gasteiger partial charge >= 0.3 is 12.1 Å². The normalized spacial score (nSPS) is 14.2. The average Bonchev–Trinajstić information content (AvgIpc) is 2.89. The van der Waals surface area contributed by atoms with E-state index in [-0.39, 0.29) is 17.6 Å². The Labute approximate surface area is 226 Å². The summed E-state index contributed by atoms with van der Waals surface area (Å²) in [6.07, 6.45) is -2.36. The molecule has 0 bridgehead atoms. The Balaban J connectivity index is 0.000000673. The number of aromatic nitrogens is 2. The van der Waals surface area contributed by atoms with Crippen molar-refractivity contribution in [3.8, 4) is 6.07 Å². The Morgan fingerprint density at radius 2 is 1.72 bits per heavy atom. The maximum atomic E-state index is 12.9. The van der Waals surface area contributed by atoms with E-state index < -0.39 is 12.1 Å². The number of amides is 1. The molecule has 1 saturated heterocycles. The van der Waals surface area contributed by atoms with Crippen LogP contribution < -0.4 is 10.4 Å². The molecular weight excluding hydrogens is 515 g/mol. The van der Waals surface area contributed by atoms with E-state index in [9.17, 15) is 18.0 Å². The number of anilines is 1. The maximum Gasteiger partial charge on any atom is 0.490 e. The van der Waals surface area contributed by atoms with Crippen LogP contribution in [-0.2, 0) is 11.3 Å². The first-order chi connectivity index (χ1) is 18.4. The van der Waals surface area contributed by atoms with Crippen LogP contribution in [0.25, 0.3) is 0 Å². The first kappa shape index (κ1) is 31.5. The van der Waals surface area contributed by atoms with Gasteiger partial charge in [-0.15, -0.1) is 0 Å². The van der Waals surface area contributed by atoms with Gasteiger partial charge in [0.25, 0.3) is 5.91 Å². The molecule has 1 aromatic heterocycles. The molecule has 13 heteroatoms.